The summed E-state index contributed by atoms with van der Waals surface area (Å²) in [5.41, 5.74) is 3.12. The first kappa shape index (κ1) is 18.7. The smallest absolute Gasteiger partial charge is 0.261 e. The van der Waals surface area contributed by atoms with Crippen LogP contribution in [0.3, 0.4) is 0 Å². The lowest BCUT2D eigenvalue weighted by Gasteiger charge is -2.22. The maximum absolute atomic E-state index is 13.1. The second-order valence-electron chi connectivity index (χ2n) is 6.49. The van der Waals surface area contributed by atoms with Crippen LogP contribution in [0.15, 0.2) is 65.3 Å². The van der Waals surface area contributed by atoms with E-state index in [4.69, 9.17) is 9.15 Å². The molecular weight excluding hydrogens is 345 g/mol. The van der Waals surface area contributed by atoms with Gasteiger partial charge in [0.2, 0.25) is 0 Å². The Morgan fingerprint density at radius 2 is 1.81 bits per heavy atom. The van der Waals surface area contributed by atoms with Crippen LogP contribution in [0.4, 0.5) is 4.39 Å². The number of aryl methyl sites for hydroxylation is 2. The van der Waals surface area contributed by atoms with Crippen molar-refractivity contribution in [1.82, 2.24) is 4.90 Å². The normalized spacial score (nSPS) is 10.6. The highest BCUT2D eigenvalue weighted by atomic mass is 19.1. The van der Waals surface area contributed by atoms with Crippen LogP contribution in [-0.4, -0.2) is 17.4 Å². The van der Waals surface area contributed by atoms with E-state index in [9.17, 15) is 9.18 Å². The zero-order valence-corrected chi connectivity index (χ0v) is 15.4. The van der Waals surface area contributed by atoms with Crippen LogP contribution in [0.1, 0.15) is 22.5 Å². The molecule has 0 bridgehead atoms. The Bertz CT molecular complexity index is 888. The molecule has 0 aliphatic heterocycles. The summed E-state index contributed by atoms with van der Waals surface area (Å²) in [7, 11) is 0. The van der Waals surface area contributed by atoms with Gasteiger partial charge in [-0.1, -0.05) is 18.2 Å². The van der Waals surface area contributed by atoms with Gasteiger partial charge >= 0.3 is 0 Å². The number of hydrogen-bond donors (Lipinski definition) is 0. The summed E-state index contributed by atoms with van der Waals surface area (Å²) in [5, 5.41) is 0. The van der Waals surface area contributed by atoms with E-state index in [1.807, 2.05) is 38.1 Å². The summed E-state index contributed by atoms with van der Waals surface area (Å²) in [4.78, 5) is 14.4. The number of halogens is 1. The lowest BCUT2D eigenvalue weighted by molar-refractivity contribution is -0.134. The fourth-order valence-electron chi connectivity index (χ4n) is 2.67. The number of rotatable bonds is 7. The molecule has 0 radical (unpaired) electrons. The molecule has 0 saturated heterocycles. The van der Waals surface area contributed by atoms with E-state index >= 15 is 0 Å². The molecule has 27 heavy (non-hydrogen) atoms. The number of carbonyl (C=O) groups excluding carboxylic acids is 1. The summed E-state index contributed by atoms with van der Waals surface area (Å²) in [5.74, 6) is 0.859. The van der Waals surface area contributed by atoms with Gasteiger partial charge in [0.05, 0.1) is 12.8 Å². The Labute approximate surface area is 158 Å². The molecule has 0 aliphatic carbocycles. The number of furan rings is 1. The number of ether oxygens (including phenoxy) is 1. The molecule has 4 nitrogen and oxygen atoms in total. The van der Waals surface area contributed by atoms with Gasteiger partial charge < -0.3 is 14.1 Å². The van der Waals surface area contributed by atoms with Crippen molar-refractivity contribution in [3.8, 4) is 5.75 Å². The van der Waals surface area contributed by atoms with Crippen molar-refractivity contribution in [2.45, 2.75) is 26.9 Å². The van der Waals surface area contributed by atoms with Crippen LogP contribution < -0.4 is 4.74 Å². The van der Waals surface area contributed by atoms with Gasteiger partial charge in [-0.25, -0.2) is 4.39 Å². The second kappa shape index (κ2) is 8.54. The Hall–Kier alpha value is -3.08. The van der Waals surface area contributed by atoms with Crippen LogP contribution in [0.25, 0.3) is 0 Å². The summed E-state index contributed by atoms with van der Waals surface area (Å²) in [6.07, 6.45) is 1.57. The molecule has 0 saturated carbocycles. The van der Waals surface area contributed by atoms with Crippen molar-refractivity contribution in [2.24, 2.45) is 0 Å². The number of benzene rings is 2. The Morgan fingerprint density at radius 3 is 2.48 bits per heavy atom. The van der Waals surface area contributed by atoms with Crippen LogP contribution in [0.2, 0.25) is 0 Å². The molecule has 1 aromatic heterocycles. The van der Waals surface area contributed by atoms with Crippen LogP contribution >= 0.6 is 0 Å². The average molecular weight is 367 g/mol. The monoisotopic (exact) mass is 367 g/mol. The van der Waals surface area contributed by atoms with E-state index in [0.717, 1.165) is 11.1 Å². The molecule has 3 aromatic rings. The molecule has 3 rings (SSSR count). The standard InChI is InChI=1S/C22H22FNO3/c1-16-5-10-20(12-17(16)2)27-15-22(25)24(14-21-4-3-11-26-21)13-18-6-8-19(23)9-7-18/h3-12H,13-15H2,1-2H3. The van der Waals surface area contributed by atoms with Gasteiger partial charge in [-0.05, 0) is 66.9 Å². The Balaban J connectivity index is 1.69. The highest BCUT2D eigenvalue weighted by molar-refractivity contribution is 5.77. The largest absolute Gasteiger partial charge is 0.484 e. The van der Waals surface area contributed by atoms with Crippen LogP contribution in [0, 0.1) is 19.7 Å². The summed E-state index contributed by atoms with van der Waals surface area (Å²) in [6.45, 7) is 4.61. The first-order valence-electron chi connectivity index (χ1n) is 8.76. The topological polar surface area (TPSA) is 42.7 Å². The molecule has 0 unspecified atom stereocenters. The molecule has 0 spiro atoms. The van der Waals surface area contributed by atoms with Crippen molar-refractivity contribution < 1.29 is 18.3 Å². The summed E-state index contributed by atoms with van der Waals surface area (Å²) in [6, 6.07) is 15.4. The van der Waals surface area contributed by atoms with E-state index in [1.54, 1.807) is 29.4 Å². The van der Waals surface area contributed by atoms with Crippen molar-refractivity contribution in [1.29, 1.82) is 0 Å². The molecule has 0 N–H and O–H groups in total. The predicted molar refractivity (Wildman–Crippen MR) is 101 cm³/mol. The zero-order chi connectivity index (χ0) is 19.2. The zero-order valence-electron chi connectivity index (χ0n) is 15.4. The van der Waals surface area contributed by atoms with Gasteiger partial charge in [-0.2, -0.15) is 0 Å². The second-order valence-corrected chi connectivity index (χ2v) is 6.49. The SMILES string of the molecule is Cc1ccc(OCC(=O)N(Cc2ccc(F)cc2)Cc2ccco2)cc1C. The minimum Gasteiger partial charge on any atom is -0.484 e. The first-order valence-corrected chi connectivity index (χ1v) is 8.76. The summed E-state index contributed by atoms with van der Waals surface area (Å²) >= 11 is 0. The molecule has 2 aromatic carbocycles. The van der Waals surface area contributed by atoms with Crippen molar-refractivity contribution in [3.63, 3.8) is 0 Å². The molecule has 1 heterocycles. The van der Waals surface area contributed by atoms with E-state index in [-0.39, 0.29) is 18.3 Å². The first-order chi connectivity index (χ1) is 13.0. The number of hydrogen-bond acceptors (Lipinski definition) is 3. The van der Waals surface area contributed by atoms with Gasteiger partial charge in [-0.15, -0.1) is 0 Å². The predicted octanol–water partition coefficient (Wildman–Crippen LogP) is 4.64. The number of nitrogens with zero attached hydrogens (tertiary/aromatic N) is 1. The van der Waals surface area contributed by atoms with Crippen molar-refractivity contribution in [3.05, 3.63) is 89.1 Å². The minimum absolute atomic E-state index is 0.0790. The molecule has 5 heteroatoms. The molecule has 0 fully saturated rings. The number of carbonyl (C=O) groups is 1. The molecule has 0 atom stereocenters. The summed E-state index contributed by atoms with van der Waals surface area (Å²) < 4.78 is 24.2. The Kier molecular flexibility index (Phi) is 5.91. The minimum atomic E-state index is -0.305. The third kappa shape index (κ3) is 5.20. The van der Waals surface area contributed by atoms with Crippen LogP contribution in [0.5, 0.6) is 5.75 Å². The third-order valence-electron chi connectivity index (χ3n) is 4.41. The number of amides is 1. The third-order valence-corrected chi connectivity index (χ3v) is 4.41. The highest BCUT2D eigenvalue weighted by Crippen LogP contribution is 2.17. The maximum Gasteiger partial charge on any atom is 0.261 e. The lowest BCUT2D eigenvalue weighted by atomic mass is 10.1. The van der Waals surface area contributed by atoms with Crippen LogP contribution in [-0.2, 0) is 17.9 Å². The van der Waals surface area contributed by atoms with E-state index < -0.39 is 0 Å². The molecule has 0 aliphatic rings. The van der Waals surface area contributed by atoms with E-state index in [0.29, 0.717) is 24.6 Å². The fraction of sp³-hybridized carbons (Fsp3) is 0.227. The molecule has 140 valence electrons. The van der Waals surface area contributed by atoms with E-state index in [1.165, 1.54) is 17.7 Å². The van der Waals surface area contributed by atoms with Gasteiger partial charge in [0.25, 0.3) is 5.91 Å². The molecular formula is C22H22FNO3. The average Bonchev–Trinajstić information content (AvgIpc) is 3.17. The quantitative estimate of drug-likeness (QED) is 0.611. The lowest BCUT2D eigenvalue weighted by Crippen LogP contribution is -2.34. The van der Waals surface area contributed by atoms with Crippen molar-refractivity contribution in [2.75, 3.05) is 6.61 Å². The Morgan fingerprint density at radius 1 is 1.04 bits per heavy atom. The molecule has 1 amide bonds. The van der Waals surface area contributed by atoms with Gasteiger partial charge in [0.15, 0.2) is 6.61 Å². The fourth-order valence-corrected chi connectivity index (χ4v) is 2.67. The van der Waals surface area contributed by atoms with Gasteiger partial charge in [0.1, 0.15) is 17.3 Å². The maximum atomic E-state index is 13.1. The van der Waals surface area contributed by atoms with Gasteiger partial charge in [-0.3, -0.25) is 4.79 Å². The highest BCUT2D eigenvalue weighted by Gasteiger charge is 2.17. The van der Waals surface area contributed by atoms with E-state index in [2.05, 4.69) is 0 Å². The van der Waals surface area contributed by atoms with Gasteiger partial charge in [0, 0.05) is 6.54 Å². The van der Waals surface area contributed by atoms with Crippen molar-refractivity contribution >= 4 is 5.91 Å².